The fourth-order valence-electron chi connectivity index (χ4n) is 1.99. The van der Waals surface area contributed by atoms with Crippen LogP contribution in [0.25, 0.3) is 11.1 Å². The molecule has 1 heterocycles. The largest absolute Gasteiger partial charge is 0.465 e. The normalized spacial score (nSPS) is 12.0. The van der Waals surface area contributed by atoms with Gasteiger partial charge in [-0.2, -0.15) is 0 Å². The Bertz CT molecular complexity index is 689. The standard InChI is InChI=1S/C15H13ClFNO3/c1-8(19)11-6-14(16)18-7-12(11)10-4-3-9(5-13(10)17)15(20)21-2/h3-8,19H,1-2H3. The average Bonchev–Trinajstić information content (AvgIpc) is 2.46. The molecule has 0 bridgehead atoms. The number of benzene rings is 1. The predicted molar refractivity (Wildman–Crippen MR) is 76.6 cm³/mol. The molecule has 0 saturated carbocycles. The van der Waals surface area contributed by atoms with Gasteiger partial charge >= 0.3 is 5.97 Å². The molecule has 0 amide bonds. The van der Waals surface area contributed by atoms with Crippen LogP contribution >= 0.6 is 11.6 Å². The minimum Gasteiger partial charge on any atom is -0.465 e. The van der Waals surface area contributed by atoms with Gasteiger partial charge < -0.3 is 9.84 Å². The lowest BCUT2D eigenvalue weighted by Crippen LogP contribution is -2.03. The first-order valence-corrected chi connectivity index (χ1v) is 6.53. The first-order chi connectivity index (χ1) is 9.93. The highest BCUT2D eigenvalue weighted by atomic mass is 35.5. The Labute approximate surface area is 126 Å². The maximum Gasteiger partial charge on any atom is 0.337 e. The van der Waals surface area contributed by atoms with Crippen LogP contribution in [-0.2, 0) is 4.74 Å². The third kappa shape index (κ3) is 3.20. The number of hydrogen-bond acceptors (Lipinski definition) is 4. The molecule has 0 aliphatic carbocycles. The second kappa shape index (κ2) is 6.20. The molecule has 1 unspecified atom stereocenters. The predicted octanol–water partition coefficient (Wildman–Crippen LogP) is 3.38. The van der Waals surface area contributed by atoms with Crippen molar-refractivity contribution in [2.75, 3.05) is 7.11 Å². The summed E-state index contributed by atoms with van der Waals surface area (Å²) in [5, 5.41) is 9.99. The molecular formula is C15H13ClFNO3. The van der Waals surface area contributed by atoms with Crippen LogP contribution in [0.2, 0.25) is 5.15 Å². The molecule has 6 heteroatoms. The molecule has 1 aromatic carbocycles. The molecule has 0 spiro atoms. The number of pyridine rings is 1. The van der Waals surface area contributed by atoms with E-state index in [1.54, 1.807) is 6.92 Å². The fraction of sp³-hybridized carbons (Fsp3) is 0.200. The maximum absolute atomic E-state index is 14.2. The molecule has 2 aromatic rings. The summed E-state index contributed by atoms with van der Waals surface area (Å²) in [5.74, 6) is -1.23. The van der Waals surface area contributed by atoms with Gasteiger partial charge in [0.15, 0.2) is 0 Å². The van der Waals surface area contributed by atoms with Gasteiger partial charge in [0.2, 0.25) is 0 Å². The lowest BCUT2D eigenvalue weighted by Gasteiger charge is -2.13. The van der Waals surface area contributed by atoms with Gasteiger partial charge in [0.05, 0.1) is 18.8 Å². The van der Waals surface area contributed by atoms with Crippen LogP contribution in [0.3, 0.4) is 0 Å². The van der Waals surface area contributed by atoms with Gasteiger partial charge in [0.25, 0.3) is 0 Å². The van der Waals surface area contributed by atoms with Crippen molar-refractivity contribution in [1.29, 1.82) is 0 Å². The van der Waals surface area contributed by atoms with E-state index in [-0.39, 0.29) is 16.3 Å². The number of aliphatic hydroxyl groups is 1. The zero-order valence-corrected chi connectivity index (χ0v) is 12.2. The molecule has 110 valence electrons. The topological polar surface area (TPSA) is 59.4 Å². The van der Waals surface area contributed by atoms with Gasteiger partial charge in [0.1, 0.15) is 11.0 Å². The highest BCUT2D eigenvalue weighted by Crippen LogP contribution is 2.31. The molecule has 0 aliphatic rings. The lowest BCUT2D eigenvalue weighted by atomic mass is 9.97. The highest BCUT2D eigenvalue weighted by molar-refractivity contribution is 6.29. The fourth-order valence-corrected chi connectivity index (χ4v) is 2.16. The van der Waals surface area contributed by atoms with Crippen LogP contribution < -0.4 is 0 Å². The lowest BCUT2D eigenvalue weighted by molar-refractivity contribution is 0.0600. The van der Waals surface area contributed by atoms with Crippen molar-refractivity contribution in [2.24, 2.45) is 0 Å². The van der Waals surface area contributed by atoms with Crippen molar-refractivity contribution in [1.82, 2.24) is 4.98 Å². The van der Waals surface area contributed by atoms with E-state index in [9.17, 15) is 14.3 Å². The Kier molecular flexibility index (Phi) is 4.55. The van der Waals surface area contributed by atoms with Crippen molar-refractivity contribution in [3.8, 4) is 11.1 Å². The van der Waals surface area contributed by atoms with E-state index < -0.39 is 17.9 Å². The van der Waals surface area contributed by atoms with Gasteiger partial charge in [-0.1, -0.05) is 17.7 Å². The second-order valence-corrected chi connectivity index (χ2v) is 4.84. The minimum atomic E-state index is -0.833. The van der Waals surface area contributed by atoms with Crippen LogP contribution in [0, 0.1) is 5.82 Å². The van der Waals surface area contributed by atoms with Crippen LogP contribution in [0.5, 0.6) is 0 Å². The molecule has 1 N–H and O–H groups in total. The van der Waals surface area contributed by atoms with E-state index in [1.807, 2.05) is 0 Å². The quantitative estimate of drug-likeness (QED) is 0.697. The Morgan fingerprint density at radius 1 is 1.38 bits per heavy atom. The number of hydrogen-bond donors (Lipinski definition) is 1. The first-order valence-electron chi connectivity index (χ1n) is 6.15. The van der Waals surface area contributed by atoms with E-state index in [1.165, 1.54) is 31.5 Å². The van der Waals surface area contributed by atoms with Gasteiger partial charge in [-0.15, -0.1) is 0 Å². The van der Waals surface area contributed by atoms with Crippen molar-refractivity contribution in [2.45, 2.75) is 13.0 Å². The molecule has 0 radical (unpaired) electrons. The summed E-state index contributed by atoms with van der Waals surface area (Å²) < 4.78 is 18.8. The monoisotopic (exact) mass is 309 g/mol. The van der Waals surface area contributed by atoms with Crippen LogP contribution in [0.15, 0.2) is 30.5 Å². The molecular weight excluding hydrogens is 297 g/mol. The smallest absolute Gasteiger partial charge is 0.337 e. The maximum atomic E-state index is 14.2. The molecule has 21 heavy (non-hydrogen) atoms. The summed E-state index contributed by atoms with van der Waals surface area (Å²) in [6, 6.07) is 5.46. The third-order valence-electron chi connectivity index (χ3n) is 3.03. The highest BCUT2D eigenvalue weighted by Gasteiger charge is 2.16. The molecule has 4 nitrogen and oxygen atoms in total. The van der Waals surface area contributed by atoms with Crippen molar-refractivity contribution in [3.63, 3.8) is 0 Å². The van der Waals surface area contributed by atoms with Gasteiger partial charge in [-0.25, -0.2) is 14.2 Å². The summed E-state index contributed by atoms with van der Waals surface area (Å²) >= 11 is 5.80. The molecule has 0 fully saturated rings. The Morgan fingerprint density at radius 2 is 2.10 bits per heavy atom. The van der Waals surface area contributed by atoms with E-state index >= 15 is 0 Å². The average molecular weight is 310 g/mol. The number of carbonyl (C=O) groups is 1. The Morgan fingerprint density at radius 3 is 2.67 bits per heavy atom. The number of carbonyl (C=O) groups excluding carboxylic acids is 1. The summed E-state index contributed by atoms with van der Waals surface area (Å²) in [6.07, 6.45) is 0.556. The molecule has 1 aromatic heterocycles. The van der Waals surface area contributed by atoms with Crippen molar-refractivity contribution < 1.29 is 19.0 Å². The Hall–Kier alpha value is -1.98. The Balaban J connectivity index is 2.55. The van der Waals surface area contributed by atoms with Crippen molar-refractivity contribution in [3.05, 3.63) is 52.6 Å². The molecule has 0 saturated heterocycles. The number of aromatic nitrogens is 1. The summed E-state index contributed by atoms with van der Waals surface area (Å²) in [4.78, 5) is 15.3. The van der Waals surface area contributed by atoms with Crippen molar-refractivity contribution >= 4 is 17.6 Å². The number of halogens is 2. The molecule has 1 atom stereocenters. The second-order valence-electron chi connectivity index (χ2n) is 4.46. The van der Waals surface area contributed by atoms with E-state index in [0.717, 1.165) is 6.07 Å². The number of nitrogens with zero attached hydrogens (tertiary/aromatic N) is 1. The van der Waals surface area contributed by atoms with E-state index in [4.69, 9.17) is 11.6 Å². The molecule has 2 rings (SSSR count). The summed E-state index contributed by atoms with van der Waals surface area (Å²) in [7, 11) is 1.23. The van der Waals surface area contributed by atoms with Gasteiger partial charge in [-0.3, -0.25) is 0 Å². The third-order valence-corrected chi connectivity index (χ3v) is 3.24. The zero-order valence-electron chi connectivity index (χ0n) is 11.4. The number of esters is 1. The first kappa shape index (κ1) is 15.4. The number of rotatable bonds is 3. The SMILES string of the molecule is COC(=O)c1ccc(-c2cnc(Cl)cc2C(C)O)c(F)c1. The minimum absolute atomic E-state index is 0.110. The zero-order chi connectivity index (χ0) is 15.6. The van der Waals surface area contributed by atoms with E-state index in [2.05, 4.69) is 9.72 Å². The van der Waals surface area contributed by atoms with Crippen LogP contribution in [-0.4, -0.2) is 23.2 Å². The van der Waals surface area contributed by atoms with E-state index in [0.29, 0.717) is 11.1 Å². The number of ether oxygens (including phenoxy) is 1. The molecule has 0 aliphatic heterocycles. The van der Waals surface area contributed by atoms with Crippen LogP contribution in [0.4, 0.5) is 4.39 Å². The number of methoxy groups -OCH3 is 1. The van der Waals surface area contributed by atoms with Gasteiger partial charge in [-0.05, 0) is 30.7 Å². The van der Waals surface area contributed by atoms with Gasteiger partial charge in [0, 0.05) is 17.3 Å². The van der Waals surface area contributed by atoms with Crippen LogP contribution in [0.1, 0.15) is 28.9 Å². The number of aliphatic hydroxyl groups excluding tert-OH is 1. The summed E-state index contributed by atoms with van der Waals surface area (Å²) in [6.45, 7) is 1.55. The summed E-state index contributed by atoms with van der Waals surface area (Å²) in [5.41, 5.74) is 1.21.